The maximum Gasteiger partial charge on any atom is 0.269 e. The van der Waals surface area contributed by atoms with Crippen LogP contribution in [0.25, 0.3) is 0 Å². The lowest BCUT2D eigenvalue weighted by Crippen LogP contribution is -2.28. The fourth-order valence-corrected chi connectivity index (χ4v) is 1.77. The third kappa shape index (κ3) is 2.24. The van der Waals surface area contributed by atoms with Crippen molar-refractivity contribution < 1.29 is 14.8 Å². The molecule has 1 aliphatic rings. The van der Waals surface area contributed by atoms with Crippen molar-refractivity contribution in [3.8, 4) is 0 Å². The number of amides is 1. The molecule has 90 valence electrons. The van der Waals surface area contributed by atoms with Crippen LogP contribution in [0.5, 0.6) is 0 Å². The summed E-state index contributed by atoms with van der Waals surface area (Å²) in [5.74, 6) is -0.178. The Morgan fingerprint density at radius 1 is 1.47 bits per heavy atom. The molecule has 1 fully saturated rings. The van der Waals surface area contributed by atoms with Gasteiger partial charge in [0.05, 0.1) is 18.2 Å². The molecule has 0 radical (unpaired) electrons. The first-order valence-corrected chi connectivity index (χ1v) is 5.00. The van der Waals surface area contributed by atoms with Gasteiger partial charge in [-0.25, -0.2) is 4.90 Å². The zero-order chi connectivity index (χ0) is 12.4. The van der Waals surface area contributed by atoms with Gasteiger partial charge in [0.15, 0.2) is 0 Å². The van der Waals surface area contributed by atoms with Gasteiger partial charge in [-0.3, -0.25) is 14.9 Å². The second-order valence-corrected chi connectivity index (χ2v) is 3.71. The highest BCUT2D eigenvalue weighted by Crippen LogP contribution is 2.23. The number of aliphatic hydroxyl groups excluding tert-OH is 1. The van der Waals surface area contributed by atoms with Gasteiger partial charge in [0.1, 0.15) is 6.17 Å². The van der Waals surface area contributed by atoms with E-state index in [9.17, 15) is 14.9 Å². The van der Waals surface area contributed by atoms with Crippen molar-refractivity contribution in [3.05, 3.63) is 39.9 Å². The number of aliphatic hydroxyl groups is 1. The fourth-order valence-electron chi connectivity index (χ4n) is 1.77. The first-order chi connectivity index (χ1) is 8.11. The lowest BCUT2D eigenvalue weighted by Gasteiger charge is -2.20. The van der Waals surface area contributed by atoms with Gasteiger partial charge in [0.25, 0.3) is 5.69 Å². The molecule has 17 heavy (non-hydrogen) atoms. The van der Waals surface area contributed by atoms with Gasteiger partial charge in [-0.2, -0.15) is 0 Å². The van der Waals surface area contributed by atoms with Gasteiger partial charge in [0.2, 0.25) is 5.91 Å². The molecule has 1 saturated heterocycles. The van der Waals surface area contributed by atoms with E-state index in [2.05, 4.69) is 5.32 Å². The molecule has 0 aliphatic carbocycles. The van der Waals surface area contributed by atoms with Gasteiger partial charge in [0, 0.05) is 12.1 Å². The summed E-state index contributed by atoms with van der Waals surface area (Å²) in [4.78, 5) is 22.7. The number of nitrogens with one attached hydrogen (secondary N) is 1. The van der Waals surface area contributed by atoms with Crippen LogP contribution in [0.4, 0.5) is 5.69 Å². The molecule has 0 saturated carbocycles. The van der Waals surface area contributed by atoms with Crippen LogP contribution < -0.4 is 5.32 Å². The number of nitrogens with zero attached hydrogens (tertiary/aromatic N) is 2. The average Bonchev–Trinajstić information content (AvgIpc) is 2.70. The standard InChI is InChI=1S/C10H11N3O4/c14-6-12-5-9(15)11-10(12)7-1-3-8(4-2-7)13(16)17/h1-4,10,14H,5-6H2,(H,11,15). The quantitative estimate of drug-likeness (QED) is 0.568. The number of carbonyl (C=O) groups excluding carboxylic acids is 1. The van der Waals surface area contributed by atoms with E-state index in [-0.39, 0.29) is 24.9 Å². The van der Waals surface area contributed by atoms with Crippen molar-refractivity contribution in [1.29, 1.82) is 0 Å². The molecule has 7 nitrogen and oxygen atoms in total. The Hall–Kier alpha value is -1.99. The van der Waals surface area contributed by atoms with Crippen LogP contribution >= 0.6 is 0 Å². The van der Waals surface area contributed by atoms with Gasteiger partial charge in [-0.05, 0) is 17.7 Å². The molecule has 1 atom stereocenters. The molecular formula is C10H11N3O4. The Balaban J connectivity index is 2.22. The number of carbonyl (C=O) groups is 1. The highest BCUT2D eigenvalue weighted by molar-refractivity contribution is 5.80. The Morgan fingerprint density at radius 3 is 2.65 bits per heavy atom. The van der Waals surface area contributed by atoms with Crippen LogP contribution in [0.2, 0.25) is 0 Å². The Kier molecular flexibility index (Phi) is 3.03. The summed E-state index contributed by atoms with van der Waals surface area (Å²) in [6.07, 6.45) is -0.423. The third-order valence-electron chi connectivity index (χ3n) is 2.61. The topological polar surface area (TPSA) is 95.7 Å². The molecule has 2 N–H and O–H groups in total. The van der Waals surface area contributed by atoms with Crippen molar-refractivity contribution in [2.24, 2.45) is 0 Å². The van der Waals surface area contributed by atoms with Crippen LogP contribution in [0.15, 0.2) is 24.3 Å². The van der Waals surface area contributed by atoms with E-state index in [0.717, 1.165) is 0 Å². The van der Waals surface area contributed by atoms with Gasteiger partial charge >= 0.3 is 0 Å². The highest BCUT2D eigenvalue weighted by Gasteiger charge is 2.30. The highest BCUT2D eigenvalue weighted by atomic mass is 16.6. The lowest BCUT2D eigenvalue weighted by molar-refractivity contribution is -0.384. The summed E-state index contributed by atoms with van der Waals surface area (Å²) in [7, 11) is 0. The van der Waals surface area contributed by atoms with E-state index in [4.69, 9.17) is 5.11 Å². The molecule has 0 bridgehead atoms. The predicted octanol–water partition coefficient (Wildman–Crippen LogP) is -0.0250. The van der Waals surface area contributed by atoms with Crippen molar-refractivity contribution in [2.75, 3.05) is 13.3 Å². The summed E-state index contributed by atoms with van der Waals surface area (Å²) in [5.41, 5.74) is 0.698. The Labute approximate surface area is 96.8 Å². The van der Waals surface area contributed by atoms with Crippen LogP contribution in [-0.4, -0.2) is 34.1 Å². The van der Waals surface area contributed by atoms with Gasteiger partial charge in [-0.1, -0.05) is 0 Å². The summed E-state index contributed by atoms with van der Waals surface area (Å²) in [6, 6.07) is 5.87. The first-order valence-electron chi connectivity index (χ1n) is 5.00. The van der Waals surface area contributed by atoms with Gasteiger partial charge in [-0.15, -0.1) is 0 Å². The number of nitro benzene ring substituents is 1. The monoisotopic (exact) mass is 237 g/mol. The van der Waals surface area contributed by atoms with Crippen LogP contribution in [0.3, 0.4) is 0 Å². The van der Waals surface area contributed by atoms with E-state index >= 15 is 0 Å². The number of benzene rings is 1. The SMILES string of the molecule is O=C1CN(CO)C(c2ccc([N+](=O)[O-])cc2)N1. The number of hydrogen-bond donors (Lipinski definition) is 2. The zero-order valence-electron chi connectivity index (χ0n) is 8.87. The van der Waals surface area contributed by atoms with Crippen LogP contribution in [0, 0.1) is 10.1 Å². The lowest BCUT2D eigenvalue weighted by atomic mass is 10.1. The average molecular weight is 237 g/mol. The second-order valence-electron chi connectivity index (χ2n) is 3.71. The maximum absolute atomic E-state index is 11.2. The third-order valence-corrected chi connectivity index (χ3v) is 2.61. The van der Waals surface area contributed by atoms with E-state index in [0.29, 0.717) is 5.56 Å². The van der Waals surface area contributed by atoms with E-state index in [1.807, 2.05) is 0 Å². The molecule has 1 unspecified atom stereocenters. The molecule has 1 aliphatic heterocycles. The molecule has 7 heteroatoms. The van der Waals surface area contributed by atoms with Crippen molar-refractivity contribution in [2.45, 2.75) is 6.17 Å². The fraction of sp³-hybridized carbons (Fsp3) is 0.300. The Bertz CT molecular complexity index is 445. The van der Waals surface area contributed by atoms with E-state index in [1.165, 1.54) is 17.0 Å². The van der Waals surface area contributed by atoms with Crippen molar-refractivity contribution >= 4 is 11.6 Å². The normalized spacial score (nSPS) is 20.3. The van der Waals surface area contributed by atoms with Crippen molar-refractivity contribution in [1.82, 2.24) is 10.2 Å². The minimum Gasteiger partial charge on any atom is -0.381 e. The Morgan fingerprint density at radius 2 is 2.12 bits per heavy atom. The number of non-ortho nitro benzene ring substituents is 1. The van der Waals surface area contributed by atoms with Crippen LogP contribution in [-0.2, 0) is 4.79 Å². The molecule has 1 aromatic rings. The summed E-state index contributed by atoms with van der Waals surface area (Å²) >= 11 is 0. The molecule has 1 amide bonds. The maximum atomic E-state index is 11.2. The largest absolute Gasteiger partial charge is 0.381 e. The number of hydrogen-bond acceptors (Lipinski definition) is 5. The molecule has 0 aromatic heterocycles. The van der Waals surface area contributed by atoms with Gasteiger partial charge < -0.3 is 10.4 Å². The minimum atomic E-state index is -0.485. The number of nitro groups is 1. The molecular weight excluding hydrogens is 226 g/mol. The molecule has 1 aromatic carbocycles. The summed E-state index contributed by atoms with van der Waals surface area (Å²) in [6.45, 7) is -0.126. The smallest absolute Gasteiger partial charge is 0.269 e. The molecule has 1 heterocycles. The van der Waals surface area contributed by atoms with E-state index in [1.54, 1.807) is 12.1 Å². The molecule has 0 spiro atoms. The number of rotatable bonds is 3. The molecule has 2 rings (SSSR count). The van der Waals surface area contributed by atoms with E-state index < -0.39 is 11.1 Å². The van der Waals surface area contributed by atoms with Crippen molar-refractivity contribution in [3.63, 3.8) is 0 Å². The zero-order valence-corrected chi connectivity index (χ0v) is 8.87. The predicted molar refractivity (Wildman–Crippen MR) is 57.8 cm³/mol. The van der Waals surface area contributed by atoms with Crippen LogP contribution in [0.1, 0.15) is 11.7 Å². The second kappa shape index (κ2) is 4.48. The first kappa shape index (κ1) is 11.5. The summed E-state index contributed by atoms with van der Waals surface area (Å²) < 4.78 is 0. The minimum absolute atomic E-state index is 0.00591. The summed E-state index contributed by atoms with van der Waals surface area (Å²) in [5, 5.41) is 22.3.